The summed E-state index contributed by atoms with van der Waals surface area (Å²) < 4.78 is 59.3. The molecule has 0 heterocycles. The largest absolute Gasteiger partial charge is 0.505 e. The Morgan fingerprint density at radius 1 is 0.862 bits per heavy atom. The Labute approximate surface area is 172 Å². The van der Waals surface area contributed by atoms with Gasteiger partial charge in [0.1, 0.15) is 11.5 Å². The maximum atomic E-state index is 14.0. The highest BCUT2D eigenvalue weighted by atomic mass is 19.2. The van der Waals surface area contributed by atoms with Crippen molar-refractivity contribution in [2.45, 2.75) is 40.0 Å². The summed E-state index contributed by atoms with van der Waals surface area (Å²) in [4.78, 5) is 0. The zero-order valence-corrected chi connectivity index (χ0v) is 17.8. The van der Waals surface area contributed by atoms with Crippen LogP contribution >= 0.6 is 0 Å². The van der Waals surface area contributed by atoms with Crippen LogP contribution in [0, 0.1) is 11.8 Å². The molecule has 0 aliphatic heterocycles. The molecule has 0 rings (SSSR count). The van der Waals surface area contributed by atoms with Crippen LogP contribution in [0.1, 0.15) is 40.0 Å². The van der Waals surface area contributed by atoms with Gasteiger partial charge >= 0.3 is 0 Å². The summed E-state index contributed by atoms with van der Waals surface area (Å²) in [6.07, 6.45) is 3.60. The molecule has 0 spiro atoms. The smallest absolute Gasteiger partial charge is 0.200 e. The molecule has 0 aromatic rings. The SMILES string of the molecule is C=C(O)/C(F)=C(/F)C(=C)C(C)CCC(C)C(=C)/C(F)=C(/F)C(=C)OC.C=CCC. The van der Waals surface area contributed by atoms with Gasteiger partial charge in [-0.2, -0.15) is 8.78 Å². The van der Waals surface area contributed by atoms with Crippen molar-refractivity contribution in [2.24, 2.45) is 11.8 Å². The van der Waals surface area contributed by atoms with Crippen LogP contribution in [0.15, 0.2) is 84.9 Å². The van der Waals surface area contributed by atoms with Crippen molar-refractivity contribution in [3.8, 4) is 0 Å². The summed E-state index contributed by atoms with van der Waals surface area (Å²) in [6.45, 7) is 21.9. The van der Waals surface area contributed by atoms with E-state index in [-0.39, 0.29) is 11.1 Å². The molecular weight excluding hydrogens is 384 g/mol. The molecule has 0 aliphatic rings. The van der Waals surface area contributed by atoms with Crippen LogP contribution < -0.4 is 0 Å². The molecule has 164 valence electrons. The van der Waals surface area contributed by atoms with Crippen molar-refractivity contribution < 1.29 is 27.4 Å². The molecule has 1 N–H and O–H groups in total. The normalized spacial score (nSPS) is 14.2. The van der Waals surface area contributed by atoms with Gasteiger partial charge in [-0.15, -0.1) is 6.58 Å². The van der Waals surface area contributed by atoms with Crippen molar-refractivity contribution in [1.82, 2.24) is 0 Å². The molecule has 2 atom stereocenters. The van der Waals surface area contributed by atoms with Gasteiger partial charge in [-0.3, -0.25) is 0 Å². The lowest BCUT2D eigenvalue weighted by molar-refractivity contribution is 0.280. The lowest BCUT2D eigenvalue weighted by Gasteiger charge is -2.18. The molecule has 0 saturated carbocycles. The van der Waals surface area contributed by atoms with Crippen LogP contribution in [0.5, 0.6) is 0 Å². The van der Waals surface area contributed by atoms with E-state index in [9.17, 15) is 17.6 Å². The topological polar surface area (TPSA) is 29.5 Å². The Morgan fingerprint density at radius 2 is 1.21 bits per heavy atom. The molecule has 0 aliphatic carbocycles. The zero-order valence-electron chi connectivity index (χ0n) is 17.8. The summed E-state index contributed by atoms with van der Waals surface area (Å²) in [5, 5.41) is 8.87. The highest BCUT2D eigenvalue weighted by Gasteiger charge is 2.21. The summed E-state index contributed by atoms with van der Waals surface area (Å²) in [6, 6.07) is 0. The number of rotatable bonds is 11. The second kappa shape index (κ2) is 14.5. The number of aliphatic hydroxyl groups is 1. The number of hydrogen-bond donors (Lipinski definition) is 1. The highest BCUT2D eigenvalue weighted by molar-refractivity contribution is 5.34. The maximum Gasteiger partial charge on any atom is 0.200 e. The first-order valence-electron chi connectivity index (χ1n) is 9.08. The van der Waals surface area contributed by atoms with Crippen LogP contribution in [0.25, 0.3) is 0 Å². The molecule has 0 aromatic heterocycles. The Kier molecular flexibility index (Phi) is 14.3. The first-order valence-corrected chi connectivity index (χ1v) is 9.08. The number of methoxy groups -OCH3 is 1. The van der Waals surface area contributed by atoms with Crippen LogP contribution in [0.2, 0.25) is 0 Å². The number of hydrogen-bond acceptors (Lipinski definition) is 2. The van der Waals surface area contributed by atoms with Gasteiger partial charge in [-0.1, -0.05) is 53.2 Å². The summed E-state index contributed by atoms with van der Waals surface area (Å²) >= 11 is 0. The zero-order chi connectivity index (χ0) is 23.3. The van der Waals surface area contributed by atoms with E-state index in [0.29, 0.717) is 12.8 Å². The molecule has 0 aromatic carbocycles. The van der Waals surface area contributed by atoms with Gasteiger partial charge in [-0.05, 0) is 42.2 Å². The van der Waals surface area contributed by atoms with Crippen molar-refractivity contribution in [1.29, 1.82) is 0 Å². The summed E-state index contributed by atoms with van der Waals surface area (Å²) in [7, 11) is 1.16. The molecule has 0 radical (unpaired) electrons. The van der Waals surface area contributed by atoms with Crippen molar-refractivity contribution in [3.05, 3.63) is 84.9 Å². The highest BCUT2D eigenvalue weighted by Crippen LogP contribution is 2.33. The minimum Gasteiger partial charge on any atom is -0.505 e. The quantitative estimate of drug-likeness (QED) is 0.159. The Balaban J connectivity index is 0. The first kappa shape index (κ1) is 28.7. The molecule has 29 heavy (non-hydrogen) atoms. The average molecular weight is 416 g/mol. The van der Waals surface area contributed by atoms with E-state index in [1.165, 1.54) is 0 Å². The Morgan fingerprint density at radius 3 is 1.48 bits per heavy atom. The van der Waals surface area contributed by atoms with Gasteiger partial charge in [0.25, 0.3) is 0 Å². The molecule has 0 amide bonds. The van der Waals surface area contributed by atoms with Crippen LogP contribution in [-0.2, 0) is 4.74 Å². The number of allylic oxidation sites excluding steroid dienone is 7. The predicted molar refractivity (Wildman–Crippen MR) is 113 cm³/mol. The standard InChI is InChI=1S/C19H24F4O2.C4H8/c1-10(12(3)16(20)18(22)14(5)24)8-9-11(2)13(4)17(21)19(23)15(6)25-7;1-3-4-2/h10-11,24H,3-6,8-9H2,1-2,7H3;3H,1,4H2,2H3/b18-16-,19-17-;. The van der Waals surface area contributed by atoms with E-state index in [1.54, 1.807) is 13.8 Å². The second-order valence-corrected chi connectivity index (χ2v) is 6.46. The summed E-state index contributed by atoms with van der Waals surface area (Å²) in [5.74, 6) is -7.55. The molecule has 0 fully saturated rings. The van der Waals surface area contributed by atoms with Gasteiger partial charge in [0.15, 0.2) is 23.3 Å². The van der Waals surface area contributed by atoms with E-state index >= 15 is 0 Å². The predicted octanol–water partition coefficient (Wildman–Crippen LogP) is 8.27. The fourth-order valence-electron chi connectivity index (χ4n) is 1.90. The monoisotopic (exact) mass is 416 g/mol. The van der Waals surface area contributed by atoms with E-state index < -0.39 is 46.7 Å². The first-order chi connectivity index (χ1) is 13.4. The number of halogens is 4. The van der Waals surface area contributed by atoms with E-state index in [4.69, 9.17) is 5.11 Å². The van der Waals surface area contributed by atoms with Gasteiger partial charge in [0.2, 0.25) is 0 Å². The second-order valence-electron chi connectivity index (χ2n) is 6.46. The van der Waals surface area contributed by atoms with Crippen molar-refractivity contribution >= 4 is 0 Å². The van der Waals surface area contributed by atoms with E-state index in [1.807, 2.05) is 6.08 Å². The van der Waals surface area contributed by atoms with Crippen LogP contribution in [0.3, 0.4) is 0 Å². The van der Waals surface area contributed by atoms with Crippen molar-refractivity contribution in [3.63, 3.8) is 0 Å². The van der Waals surface area contributed by atoms with Gasteiger partial charge in [0, 0.05) is 0 Å². The number of aliphatic hydroxyl groups excluding tert-OH is 1. The molecule has 0 bridgehead atoms. The van der Waals surface area contributed by atoms with Crippen LogP contribution in [0.4, 0.5) is 17.6 Å². The Hall–Kier alpha value is -2.50. The third-order valence-corrected chi connectivity index (χ3v) is 4.20. The Bertz CT molecular complexity index is 687. The molecule has 2 nitrogen and oxygen atoms in total. The van der Waals surface area contributed by atoms with Gasteiger partial charge in [0.05, 0.1) is 7.11 Å². The molecule has 6 heteroatoms. The minimum atomic E-state index is -1.47. The summed E-state index contributed by atoms with van der Waals surface area (Å²) in [5.41, 5.74) is -0.236. The fraction of sp³-hybridized carbons (Fsp3) is 0.391. The van der Waals surface area contributed by atoms with Gasteiger partial charge < -0.3 is 9.84 Å². The maximum absolute atomic E-state index is 14.0. The van der Waals surface area contributed by atoms with Crippen molar-refractivity contribution in [2.75, 3.05) is 7.11 Å². The average Bonchev–Trinajstić information content (AvgIpc) is 2.72. The fourth-order valence-corrected chi connectivity index (χ4v) is 1.90. The molecular formula is C23H32F4O2. The lowest BCUT2D eigenvalue weighted by Crippen LogP contribution is -2.07. The lowest BCUT2D eigenvalue weighted by atomic mass is 9.88. The third-order valence-electron chi connectivity index (χ3n) is 4.20. The minimum absolute atomic E-state index is 0.0838. The molecule has 0 saturated heterocycles. The van der Waals surface area contributed by atoms with E-state index in [2.05, 4.69) is 44.6 Å². The molecule has 2 unspecified atom stereocenters. The number of ether oxygens (including phenoxy) is 1. The van der Waals surface area contributed by atoms with Gasteiger partial charge in [-0.25, -0.2) is 8.78 Å². The van der Waals surface area contributed by atoms with E-state index in [0.717, 1.165) is 13.5 Å². The van der Waals surface area contributed by atoms with Crippen LogP contribution in [-0.4, -0.2) is 12.2 Å². The third kappa shape index (κ3) is 10.0.